The molecular weight excluding hydrogens is 168 g/mol. The Kier molecular flexibility index (Phi) is 3.63. The van der Waals surface area contributed by atoms with E-state index in [4.69, 9.17) is 0 Å². The van der Waals surface area contributed by atoms with Gasteiger partial charge >= 0.3 is 0 Å². The van der Waals surface area contributed by atoms with Gasteiger partial charge in [0.2, 0.25) is 0 Å². The summed E-state index contributed by atoms with van der Waals surface area (Å²) in [7, 11) is 0. The number of carbonyl (C=O) groups excluding carboxylic acids is 1. The first-order chi connectivity index (χ1) is 5.61. The third kappa shape index (κ3) is 2.51. The predicted octanol–water partition coefficient (Wildman–Crippen LogP) is 2.74. The standard InChI is InChI=1S/C10H18OS/c1-7(2)6-12-10-5-4-9(11)8(10)3/h7-8,10H,4-6H2,1-3H3. The quantitative estimate of drug-likeness (QED) is 0.674. The number of hydrogen-bond acceptors (Lipinski definition) is 2. The van der Waals surface area contributed by atoms with Gasteiger partial charge in [0, 0.05) is 17.6 Å². The lowest BCUT2D eigenvalue weighted by Gasteiger charge is -2.14. The van der Waals surface area contributed by atoms with Crippen molar-refractivity contribution in [3.05, 3.63) is 0 Å². The van der Waals surface area contributed by atoms with Crippen LogP contribution in [0, 0.1) is 11.8 Å². The van der Waals surface area contributed by atoms with Gasteiger partial charge in [-0.15, -0.1) is 0 Å². The molecule has 12 heavy (non-hydrogen) atoms. The van der Waals surface area contributed by atoms with E-state index in [0.29, 0.717) is 17.0 Å². The Hall–Kier alpha value is 0.0200. The van der Waals surface area contributed by atoms with Crippen LogP contribution in [0.4, 0.5) is 0 Å². The molecule has 2 unspecified atom stereocenters. The predicted molar refractivity (Wildman–Crippen MR) is 54.5 cm³/mol. The summed E-state index contributed by atoms with van der Waals surface area (Å²) in [4.78, 5) is 11.2. The highest BCUT2D eigenvalue weighted by Crippen LogP contribution is 2.33. The van der Waals surface area contributed by atoms with E-state index in [9.17, 15) is 4.79 Å². The van der Waals surface area contributed by atoms with Crippen LogP contribution in [0.5, 0.6) is 0 Å². The second kappa shape index (κ2) is 4.31. The van der Waals surface area contributed by atoms with Gasteiger partial charge in [-0.3, -0.25) is 4.79 Å². The Bertz CT molecular complexity index is 165. The molecule has 2 heteroatoms. The highest BCUT2D eigenvalue weighted by molar-refractivity contribution is 7.99. The van der Waals surface area contributed by atoms with Gasteiger partial charge in [0.05, 0.1) is 0 Å². The molecule has 1 fully saturated rings. The van der Waals surface area contributed by atoms with E-state index in [0.717, 1.165) is 18.8 Å². The van der Waals surface area contributed by atoms with Gasteiger partial charge in [-0.1, -0.05) is 20.8 Å². The van der Waals surface area contributed by atoms with Crippen molar-refractivity contribution < 1.29 is 4.79 Å². The van der Waals surface area contributed by atoms with Crippen molar-refractivity contribution in [3.63, 3.8) is 0 Å². The Labute approximate surface area is 79.3 Å². The summed E-state index contributed by atoms with van der Waals surface area (Å²) in [5, 5.41) is 0.611. The van der Waals surface area contributed by atoms with Crippen molar-refractivity contribution in [2.24, 2.45) is 11.8 Å². The highest BCUT2D eigenvalue weighted by Gasteiger charge is 2.30. The number of rotatable bonds is 3. The molecule has 0 bridgehead atoms. The van der Waals surface area contributed by atoms with Crippen LogP contribution < -0.4 is 0 Å². The van der Waals surface area contributed by atoms with Gasteiger partial charge in [0.25, 0.3) is 0 Å². The molecule has 0 radical (unpaired) electrons. The van der Waals surface area contributed by atoms with E-state index in [2.05, 4.69) is 20.8 Å². The zero-order valence-corrected chi connectivity index (χ0v) is 8.99. The lowest BCUT2D eigenvalue weighted by Crippen LogP contribution is -2.13. The first kappa shape index (κ1) is 10.1. The van der Waals surface area contributed by atoms with Crippen LogP contribution in [0.3, 0.4) is 0 Å². The highest BCUT2D eigenvalue weighted by atomic mass is 32.2. The Balaban J connectivity index is 2.29. The first-order valence-corrected chi connectivity index (χ1v) is 5.80. The maximum absolute atomic E-state index is 11.2. The SMILES string of the molecule is CC(C)CSC1CCC(=O)C1C. The molecule has 0 aromatic carbocycles. The summed E-state index contributed by atoms with van der Waals surface area (Å²) < 4.78 is 0. The molecular formula is C10H18OS. The van der Waals surface area contributed by atoms with Gasteiger partial charge in [-0.2, -0.15) is 11.8 Å². The summed E-state index contributed by atoms with van der Waals surface area (Å²) in [6, 6.07) is 0. The van der Waals surface area contributed by atoms with Gasteiger partial charge in [-0.05, 0) is 18.1 Å². The average Bonchev–Trinajstić information content (AvgIpc) is 2.30. The minimum atomic E-state index is 0.314. The maximum Gasteiger partial charge on any atom is 0.136 e. The van der Waals surface area contributed by atoms with Gasteiger partial charge in [0.15, 0.2) is 0 Å². The monoisotopic (exact) mass is 186 g/mol. The molecule has 0 spiro atoms. The number of carbonyl (C=O) groups is 1. The van der Waals surface area contributed by atoms with Crippen LogP contribution >= 0.6 is 11.8 Å². The number of Topliss-reactive ketones (excluding diaryl/α,β-unsaturated/α-hetero) is 1. The van der Waals surface area contributed by atoms with Crippen LogP contribution in [0.25, 0.3) is 0 Å². The van der Waals surface area contributed by atoms with Gasteiger partial charge < -0.3 is 0 Å². The van der Waals surface area contributed by atoms with Crippen molar-refractivity contribution in [2.75, 3.05) is 5.75 Å². The number of thioether (sulfide) groups is 1. The molecule has 70 valence electrons. The smallest absolute Gasteiger partial charge is 0.136 e. The maximum atomic E-state index is 11.2. The molecule has 1 nitrogen and oxygen atoms in total. The van der Waals surface area contributed by atoms with Crippen LogP contribution in [0.2, 0.25) is 0 Å². The second-order valence-corrected chi connectivity index (χ2v) is 5.33. The third-order valence-electron chi connectivity index (χ3n) is 2.38. The van der Waals surface area contributed by atoms with Gasteiger partial charge in [-0.25, -0.2) is 0 Å². The van der Waals surface area contributed by atoms with Crippen molar-refractivity contribution in [2.45, 2.75) is 38.9 Å². The molecule has 2 atom stereocenters. The van der Waals surface area contributed by atoms with Crippen LogP contribution in [-0.4, -0.2) is 16.8 Å². The normalized spacial score (nSPS) is 30.2. The molecule has 0 heterocycles. The fourth-order valence-electron chi connectivity index (χ4n) is 1.51. The molecule has 0 aromatic heterocycles. The van der Waals surface area contributed by atoms with E-state index in [-0.39, 0.29) is 0 Å². The molecule has 0 N–H and O–H groups in total. The fraction of sp³-hybridized carbons (Fsp3) is 0.900. The summed E-state index contributed by atoms with van der Waals surface area (Å²) in [6.45, 7) is 6.54. The topological polar surface area (TPSA) is 17.1 Å². The van der Waals surface area contributed by atoms with E-state index >= 15 is 0 Å². The van der Waals surface area contributed by atoms with Crippen LogP contribution in [0.15, 0.2) is 0 Å². The summed E-state index contributed by atoms with van der Waals surface area (Å²) in [5.41, 5.74) is 0. The van der Waals surface area contributed by atoms with Gasteiger partial charge in [0.1, 0.15) is 5.78 Å². The first-order valence-electron chi connectivity index (χ1n) is 4.75. The Morgan fingerprint density at radius 3 is 2.67 bits per heavy atom. The lowest BCUT2D eigenvalue weighted by molar-refractivity contribution is -0.120. The molecule has 1 saturated carbocycles. The van der Waals surface area contributed by atoms with E-state index in [1.807, 2.05) is 11.8 Å². The van der Waals surface area contributed by atoms with E-state index in [1.54, 1.807) is 0 Å². The minimum absolute atomic E-state index is 0.314. The zero-order chi connectivity index (χ0) is 9.14. The molecule has 1 rings (SSSR count). The molecule has 0 aliphatic heterocycles. The van der Waals surface area contributed by atoms with Crippen molar-refractivity contribution >= 4 is 17.5 Å². The molecule has 1 aliphatic rings. The zero-order valence-electron chi connectivity index (χ0n) is 8.17. The average molecular weight is 186 g/mol. The summed E-state index contributed by atoms with van der Waals surface area (Å²) in [6.07, 6.45) is 1.92. The van der Waals surface area contributed by atoms with Crippen molar-refractivity contribution in [3.8, 4) is 0 Å². The van der Waals surface area contributed by atoms with E-state index in [1.165, 1.54) is 5.75 Å². The summed E-state index contributed by atoms with van der Waals surface area (Å²) in [5.74, 6) is 2.73. The largest absolute Gasteiger partial charge is 0.299 e. The number of hydrogen-bond donors (Lipinski definition) is 0. The van der Waals surface area contributed by atoms with Crippen molar-refractivity contribution in [1.29, 1.82) is 0 Å². The Morgan fingerprint density at radius 2 is 2.25 bits per heavy atom. The Morgan fingerprint density at radius 1 is 1.58 bits per heavy atom. The summed E-state index contributed by atoms with van der Waals surface area (Å²) >= 11 is 1.98. The molecule has 0 aromatic rings. The second-order valence-electron chi connectivity index (χ2n) is 4.06. The molecule has 0 amide bonds. The van der Waals surface area contributed by atoms with Crippen LogP contribution in [-0.2, 0) is 4.79 Å². The van der Waals surface area contributed by atoms with Crippen LogP contribution in [0.1, 0.15) is 33.6 Å². The van der Waals surface area contributed by atoms with Crippen molar-refractivity contribution in [1.82, 2.24) is 0 Å². The molecule has 1 aliphatic carbocycles. The third-order valence-corrected chi connectivity index (χ3v) is 4.32. The molecule has 0 saturated heterocycles. The number of ketones is 1. The fourth-order valence-corrected chi connectivity index (χ4v) is 2.87. The van der Waals surface area contributed by atoms with E-state index < -0.39 is 0 Å². The lowest BCUT2D eigenvalue weighted by atomic mass is 10.1. The minimum Gasteiger partial charge on any atom is -0.299 e.